The van der Waals surface area contributed by atoms with E-state index in [1.807, 2.05) is 13.8 Å². The highest BCUT2D eigenvalue weighted by atomic mass is 19.4. The van der Waals surface area contributed by atoms with Crippen LogP contribution in [0.2, 0.25) is 0 Å². The first-order valence-corrected chi connectivity index (χ1v) is 5.41. The molecule has 0 unspecified atom stereocenters. The van der Waals surface area contributed by atoms with E-state index < -0.39 is 11.7 Å². The number of hydrogen-bond acceptors (Lipinski definition) is 1. The number of pyridine rings is 1. The number of rotatable bonds is 0. The summed E-state index contributed by atoms with van der Waals surface area (Å²) in [5.41, 5.74) is 0.416. The number of fused-ring (bicyclic) bond motifs is 1. The summed E-state index contributed by atoms with van der Waals surface area (Å²) in [6.07, 6.45) is -1.15. The quantitative estimate of drug-likeness (QED) is 0.684. The minimum Gasteiger partial charge on any atom is -0.306 e. The fourth-order valence-corrected chi connectivity index (χ4v) is 1.57. The van der Waals surface area contributed by atoms with Gasteiger partial charge in [-0.1, -0.05) is 13.8 Å². The zero-order valence-electron chi connectivity index (χ0n) is 10.3. The lowest BCUT2D eigenvalue weighted by molar-refractivity contribution is -0.136. The van der Waals surface area contributed by atoms with E-state index >= 15 is 0 Å². The summed E-state index contributed by atoms with van der Waals surface area (Å²) in [5, 5.41) is 0. The monoisotopic (exact) mass is 244 g/mol. The van der Waals surface area contributed by atoms with Gasteiger partial charge in [-0.25, -0.2) is 4.98 Å². The smallest absolute Gasteiger partial charge is 0.306 e. The molecule has 0 saturated heterocycles. The Balaban J connectivity index is 0.000000686. The summed E-state index contributed by atoms with van der Waals surface area (Å²) in [7, 11) is 0. The van der Waals surface area contributed by atoms with Crippen molar-refractivity contribution in [1.29, 1.82) is 0 Å². The number of alkyl halides is 3. The van der Waals surface area contributed by atoms with Crippen molar-refractivity contribution in [3.05, 3.63) is 35.3 Å². The minimum atomic E-state index is -4.36. The summed E-state index contributed by atoms with van der Waals surface area (Å²) < 4.78 is 39.4. The van der Waals surface area contributed by atoms with Crippen molar-refractivity contribution in [3.8, 4) is 0 Å². The summed E-state index contributed by atoms with van der Waals surface area (Å²) in [6, 6.07) is 1.11. The predicted octanol–water partition coefficient (Wildman–Crippen LogP) is 4.00. The van der Waals surface area contributed by atoms with Crippen LogP contribution < -0.4 is 0 Å². The van der Waals surface area contributed by atoms with Crippen molar-refractivity contribution < 1.29 is 13.2 Å². The van der Waals surface area contributed by atoms with Crippen LogP contribution in [0.15, 0.2) is 18.5 Å². The van der Waals surface area contributed by atoms with Gasteiger partial charge in [0.15, 0.2) is 0 Å². The van der Waals surface area contributed by atoms with Gasteiger partial charge in [-0.05, 0) is 25.5 Å². The van der Waals surface area contributed by atoms with Gasteiger partial charge in [-0.2, -0.15) is 13.2 Å². The van der Waals surface area contributed by atoms with Crippen molar-refractivity contribution in [3.63, 3.8) is 0 Å². The Morgan fingerprint density at radius 1 is 1.12 bits per heavy atom. The summed E-state index contributed by atoms with van der Waals surface area (Å²) in [6.45, 7) is 7.30. The molecule has 2 heterocycles. The molecule has 0 aromatic carbocycles. The Morgan fingerprint density at radius 3 is 2.24 bits per heavy atom. The number of aryl methyl sites for hydroxylation is 2. The van der Waals surface area contributed by atoms with Gasteiger partial charge in [0, 0.05) is 12.4 Å². The number of nitrogens with zero attached hydrogens (tertiary/aromatic N) is 2. The molecule has 0 amide bonds. The lowest BCUT2D eigenvalue weighted by Crippen LogP contribution is -2.08. The maximum atomic E-state index is 12.7. The molecule has 0 saturated carbocycles. The van der Waals surface area contributed by atoms with Gasteiger partial charge in [-0.3, -0.25) is 0 Å². The molecule has 2 aromatic heterocycles. The number of halogens is 3. The summed E-state index contributed by atoms with van der Waals surface area (Å²) in [4.78, 5) is 3.86. The maximum Gasteiger partial charge on any atom is 0.419 e. The van der Waals surface area contributed by atoms with E-state index in [1.165, 1.54) is 4.40 Å². The Hall–Kier alpha value is -1.52. The molecule has 2 aromatic rings. The summed E-state index contributed by atoms with van der Waals surface area (Å²) in [5.74, 6) is 0. The van der Waals surface area contributed by atoms with E-state index in [1.54, 1.807) is 26.2 Å². The van der Waals surface area contributed by atoms with E-state index in [4.69, 9.17) is 0 Å². The van der Waals surface area contributed by atoms with E-state index in [0.29, 0.717) is 11.3 Å². The molecule has 0 aliphatic rings. The topological polar surface area (TPSA) is 17.3 Å². The molecule has 2 rings (SSSR count). The highest BCUT2D eigenvalue weighted by Crippen LogP contribution is 2.32. The van der Waals surface area contributed by atoms with Crippen LogP contribution in [-0.2, 0) is 6.18 Å². The normalized spacial score (nSPS) is 11.2. The van der Waals surface area contributed by atoms with Gasteiger partial charge in [0.2, 0.25) is 0 Å². The first-order chi connectivity index (χ1) is 7.88. The van der Waals surface area contributed by atoms with Gasteiger partial charge in [-0.15, -0.1) is 0 Å². The lowest BCUT2D eigenvalue weighted by atomic mass is 10.2. The van der Waals surface area contributed by atoms with Crippen LogP contribution in [0, 0.1) is 13.8 Å². The Morgan fingerprint density at radius 2 is 1.71 bits per heavy atom. The van der Waals surface area contributed by atoms with Gasteiger partial charge in [0.1, 0.15) is 5.65 Å². The van der Waals surface area contributed by atoms with Crippen LogP contribution in [0.5, 0.6) is 0 Å². The average molecular weight is 244 g/mol. The highest BCUT2D eigenvalue weighted by Gasteiger charge is 2.34. The van der Waals surface area contributed by atoms with Crippen LogP contribution in [0.1, 0.15) is 30.7 Å². The molecule has 0 aliphatic carbocycles. The van der Waals surface area contributed by atoms with Crippen molar-refractivity contribution in [2.75, 3.05) is 0 Å². The molecule has 5 heteroatoms. The molecule has 0 atom stereocenters. The molecule has 0 bridgehead atoms. The fraction of sp³-hybridized carbons (Fsp3) is 0.417. The fourth-order valence-electron chi connectivity index (χ4n) is 1.57. The molecule has 17 heavy (non-hydrogen) atoms. The molecular formula is C12H15F3N2. The third-order valence-electron chi connectivity index (χ3n) is 2.11. The first kappa shape index (κ1) is 13.5. The second-order valence-corrected chi connectivity index (χ2v) is 3.54. The van der Waals surface area contributed by atoms with Gasteiger partial charge in [0.05, 0.1) is 11.3 Å². The van der Waals surface area contributed by atoms with Crippen LogP contribution in [0.4, 0.5) is 13.2 Å². The Labute approximate surface area is 98.1 Å². The number of imidazole rings is 1. The summed E-state index contributed by atoms with van der Waals surface area (Å²) >= 11 is 0. The van der Waals surface area contributed by atoms with Crippen molar-refractivity contribution >= 4 is 5.65 Å². The van der Waals surface area contributed by atoms with Crippen molar-refractivity contribution in [1.82, 2.24) is 9.38 Å². The average Bonchev–Trinajstić information content (AvgIpc) is 2.58. The molecule has 0 spiro atoms. The molecule has 0 radical (unpaired) electrons. The molecular weight excluding hydrogens is 229 g/mol. The standard InChI is InChI=1S/C10H9F3N2.C2H6/c1-6-3-8(10(11,12)13)9-14-7(2)5-15(9)4-6;1-2/h3-5H,1-2H3;1-2H3. The third kappa shape index (κ3) is 2.78. The van der Waals surface area contributed by atoms with Gasteiger partial charge >= 0.3 is 6.18 Å². The SMILES string of the molecule is CC.Cc1cc(C(F)(F)F)c2nc(C)cn2c1. The van der Waals surface area contributed by atoms with Crippen LogP contribution in [0.3, 0.4) is 0 Å². The zero-order chi connectivity index (χ0) is 13.2. The van der Waals surface area contributed by atoms with E-state index in [-0.39, 0.29) is 5.65 Å². The predicted molar refractivity (Wildman–Crippen MR) is 61.0 cm³/mol. The van der Waals surface area contributed by atoms with Gasteiger partial charge in [0.25, 0.3) is 0 Å². The number of hydrogen-bond donors (Lipinski definition) is 0. The Kier molecular flexibility index (Phi) is 3.80. The third-order valence-corrected chi connectivity index (χ3v) is 2.11. The minimum absolute atomic E-state index is 0.0365. The Bertz CT molecular complexity index is 512. The van der Waals surface area contributed by atoms with E-state index in [9.17, 15) is 13.2 Å². The second kappa shape index (κ2) is 4.77. The van der Waals surface area contributed by atoms with Crippen molar-refractivity contribution in [2.24, 2.45) is 0 Å². The molecule has 2 nitrogen and oxygen atoms in total. The lowest BCUT2D eigenvalue weighted by Gasteiger charge is -2.08. The number of aromatic nitrogens is 2. The van der Waals surface area contributed by atoms with Crippen LogP contribution >= 0.6 is 0 Å². The largest absolute Gasteiger partial charge is 0.419 e. The maximum absolute atomic E-state index is 12.7. The van der Waals surface area contributed by atoms with Crippen molar-refractivity contribution in [2.45, 2.75) is 33.9 Å². The zero-order valence-corrected chi connectivity index (χ0v) is 10.3. The molecule has 0 aliphatic heterocycles. The first-order valence-electron chi connectivity index (χ1n) is 5.41. The van der Waals surface area contributed by atoms with Crippen LogP contribution in [0.25, 0.3) is 5.65 Å². The molecule has 0 fully saturated rings. The van der Waals surface area contributed by atoms with E-state index in [0.717, 1.165) is 6.07 Å². The molecule has 0 N–H and O–H groups in total. The van der Waals surface area contributed by atoms with E-state index in [2.05, 4.69) is 4.98 Å². The van der Waals surface area contributed by atoms with Crippen LogP contribution in [-0.4, -0.2) is 9.38 Å². The van der Waals surface area contributed by atoms with Gasteiger partial charge < -0.3 is 4.40 Å². The highest BCUT2D eigenvalue weighted by molar-refractivity contribution is 5.51. The second-order valence-electron chi connectivity index (χ2n) is 3.54. The molecule has 94 valence electrons.